The molecule has 2 rings (SSSR count). The van der Waals surface area contributed by atoms with Gasteiger partial charge < -0.3 is 25.1 Å². The molecule has 1 aromatic carbocycles. The Hall–Kier alpha value is -2.80. The average molecular weight is 386 g/mol. The standard InChI is InChI=1S/C21H30N4O3/c1-3-22-21(24-10-6-13-27-16-19-9-5-14-28-19)25-12-11-23-20(26)18-8-4-7-17(2)15-18/h4-5,7-9,14-15H,3,6,10-13,16H2,1-2H3,(H,23,26)(H2,22,24,25). The Bertz CT molecular complexity index is 729. The normalized spacial score (nSPS) is 11.3. The van der Waals surface area contributed by atoms with E-state index in [2.05, 4.69) is 20.9 Å². The molecule has 0 aliphatic heterocycles. The lowest BCUT2D eigenvalue weighted by Gasteiger charge is -2.12. The number of carbonyl (C=O) groups is 1. The van der Waals surface area contributed by atoms with E-state index in [0.717, 1.165) is 30.2 Å². The molecular formula is C21H30N4O3. The molecule has 0 aliphatic carbocycles. The number of amides is 1. The van der Waals surface area contributed by atoms with Crippen LogP contribution in [0.4, 0.5) is 0 Å². The van der Waals surface area contributed by atoms with E-state index in [0.29, 0.717) is 38.4 Å². The second-order valence-electron chi connectivity index (χ2n) is 6.30. The molecule has 0 aliphatic rings. The van der Waals surface area contributed by atoms with Crippen LogP contribution in [0.15, 0.2) is 52.1 Å². The lowest BCUT2D eigenvalue weighted by Crippen LogP contribution is -2.41. The van der Waals surface area contributed by atoms with Crippen molar-refractivity contribution >= 4 is 11.9 Å². The Kier molecular flexibility index (Phi) is 9.65. The summed E-state index contributed by atoms with van der Waals surface area (Å²) in [5.41, 5.74) is 1.75. The minimum Gasteiger partial charge on any atom is -0.467 e. The smallest absolute Gasteiger partial charge is 0.251 e. The molecule has 7 nitrogen and oxygen atoms in total. The summed E-state index contributed by atoms with van der Waals surface area (Å²) < 4.78 is 10.8. The number of rotatable bonds is 11. The molecule has 7 heteroatoms. The van der Waals surface area contributed by atoms with Crippen LogP contribution < -0.4 is 16.0 Å². The van der Waals surface area contributed by atoms with Gasteiger partial charge in [-0.2, -0.15) is 0 Å². The van der Waals surface area contributed by atoms with Crippen LogP contribution in [0, 0.1) is 6.92 Å². The van der Waals surface area contributed by atoms with E-state index in [4.69, 9.17) is 9.15 Å². The number of carbonyl (C=O) groups excluding carboxylic acids is 1. The molecule has 0 atom stereocenters. The van der Waals surface area contributed by atoms with Crippen molar-refractivity contribution in [2.24, 2.45) is 4.99 Å². The number of nitrogens with zero attached hydrogens (tertiary/aromatic N) is 1. The summed E-state index contributed by atoms with van der Waals surface area (Å²) in [7, 11) is 0. The maximum Gasteiger partial charge on any atom is 0.251 e. The van der Waals surface area contributed by atoms with Gasteiger partial charge in [-0.15, -0.1) is 0 Å². The van der Waals surface area contributed by atoms with E-state index >= 15 is 0 Å². The highest BCUT2D eigenvalue weighted by Gasteiger charge is 2.04. The van der Waals surface area contributed by atoms with E-state index < -0.39 is 0 Å². The molecule has 0 radical (unpaired) electrons. The molecule has 1 aromatic heterocycles. The van der Waals surface area contributed by atoms with Gasteiger partial charge in [-0.05, 0) is 44.5 Å². The van der Waals surface area contributed by atoms with Crippen LogP contribution in [-0.2, 0) is 11.3 Å². The lowest BCUT2D eigenvalue weighted by atomic mass is 10.1. The molecule has 0 fully saturated rings. The molecule has 0 bridgehead atoms. The van der Waals surface area contributed by atoms with Gasteiger partial charge in [0.15, 0.2) is 5.96 Å². The number of aryl methyl sites for hydroxylation is 1. The molecular weight excluding hydrogens is 356 g/mol. The first-order valence-corrected chi connectivity index (χ1v) is 9.66. The van der Waals surface area contributed by atoms with Crippen molar-refractivity contribution in [3.63, 3.8) is 0 Å². The maximum atomic E-state index is 12.1. The summed E-state index contributed by atoms with van der Waals surface area (Å²) in [4.78, 5) is 16.6. The predicted octanol–water partition coefficient (Wildman–Crippen LogP) is 2.48. The third kappa shape index (κ3) is 8.26. The first-order chi connectivity index (χ1) is 13.7. The summed E-state index contributed by atoms with van der Waals surface area (Å²) in [6.45, 7) is 7.63. The van der Waals surface area contributed by atoms with Crippen molar-refractivity contribution in [1.29, 1.82) is 0 Å². The van der Waals surface area contributed by atoms with Gasteiger partial charge in [-0.1, -0.05) is 17.7 Å². The first-order valence-electron chi connectivity index (χ1n) is 9.66. The fourth-order valence-corrected chi connectivity index (χ4v) is 2.51. The number of hydrogen-bond acceptors (Lipinski definition) is 4. The minimum absolute atomic E-state index is 0.0684. The highest BCUT2D eigenvalue weighted by molar-refractivity contribution is 5.94. The summed E-state index contributed by atoms with van der Waals surface area (Å²) in [5.74, 6) is 1.49. The largest absolute Gasteiger partial charge is 0.467 e. The number of benzene rings is 1. The Morgan fingerprint density at radius 3 is 2.75 bits per heavy atom. The van der Waals surface area contributed by atoms with Crippen LogP contribution in [0.2, 0.25) is 0 Å². The average Bonchev–Trinajstić information content (AvgIpc) is 3.21. The highest BCUT2D eigenvalue weighted by atomic mass is 16.5. The maximum absolute atomic E-state index is 12.1. The SMILES string of the molecule is CCNC(=NCCCOCc1ccco1)NCCNC(=O)c1cccc(C)c1. The predicted molar refractivity (Wildman–Crippen MR) is 110 cm³/mol. The molecule has 0 saturated heterocycles. The molecule has 28 heavy (non-hydrogen) atoms. The number of guanidine groups is 1. The Balaban J connectivity index is 1.61. The number of nitrogens with one attached hydrogen (secondary N) is 3. The van der Waals surface area contributed by atoms with Crippen LogP contribution in [0.25, 0.3) is 0 Å². The molecule has 152 valence electrons. The van der Waals surface area contributed by atoms with Gasteiger partial charge in [0, 0.05) is 38.3 Å². The quantitative estimate of drug-likeness (QED) is 0.314. The molecule has 3 N–H and O–H groups in total. The van der Waals surface area contributed by atoms with Gasteiger partial charge >= 0.3 is 0 Å². The van der Waals surface area contributed by atoms with Crippen LogP contribution in [-0.4, -0.2) is 44.7 Å². The molecule has 1 amide bonds. The zero-order valence-corrected chi connectivity index (χ0v) is 16.7. The van der Waals surface area contributed by atoms with Crippen molar-refractivity contribution in [1.82, 2.24) is 16.0 Å². The van der Waals surface area contributed by atoms with Crippen molar-refractivity contribution in [2.45, 2.75) is 26.9 Å². The van der Waals surface area contributed by atoms with Gasteiger partial charge in [0.05, 0.1) is 6.26 Å². The van der Waals surface area contributed by atoms with E-state index in [1.54, 1.807) is 6.26 Å². The third-order valence-corrected chi connectivity index (χ3v) is 3.87. The fraction of sp³-hybridized carbons (Fsp3) is 0.429. The highest BCUT2D eigenvalue weighted by Crippen LogP contribution is 2.03. The second-order valence-corrected chi connectivity index (χ2v) is 6.30. The van der Waals surface area contributed by atoms with E-state index in [-0.39, 0.29) is 5.91 Å². The third-order valence-electron chi connectivity index (χ3n) is 3.87. The number of aliphatic imine (C=N–C) groups is 1. The topological polar surface area (TPSA) is 87.9 Å². The van der Waals surface area contributed by atoms with Crippen LogP contribution >= 0.6 is 0 Å². The van der Waals surface area contributed by atoms with Crippen LogP contribution in [0.5, 0.6) is 0 Å². The number of hydrogen-bond donors (Lipinski definition) is 3. The molecule has 0 unspecified atom stereocenters. The summed E-state index contributed by atoms with van der Waals surface area (Å²) in [5, 5.41) is 9.32. The molecule has 1 heterocycles. The van der Waals surface area contributed by atoms with E-state index in [1.807, 2.05) is 50.2 Å². The van der Waals surface area contributed by atoms with E-state index in [1.165, 1.54) is 0 Å². The van der Waals surface area contributed by atoms with Crippen LogP contribution in [0.3, 0.4) is 0 Å². The zero-order chi connectivity index (χ0) is 20.0. The fourth-order valence-electron chi connectivity index (χ4n) is 2.51. The van der Waals surface area contributed by atoms with Crippen molar-refractivity contribution in [3.8, 4) is 0 Å². The summed E-state index contributed by atoms with van der Waals surface area (Å²) in [6, 6.07) is 11.3. The Morgan fingerprint density at radius 2 is 2.00 bits per heavy atom. The summed E-state index contributed by atoms with van der Waals surface area (Å²) >= 11 is 0. The molecule has 0 saturated carbocycles. The second kappa shape index (κ2) is 12.6. The number of furan rings is 1. The van der Waals surface area contributed by atoms with Gasteiger partial charge in [0.2, 0.25) is 0 Å². The Labute approximate surface area is 166 Å². The van der Waals surface area contributed by atoms with Crippen molar-refractivity contribution in [2.75, 3.05) is 32.8 Å². The Morgan fingerprint density at radius 1 is 1.14 bits per heavy atom. The number of ether oxygens (including phenoxy) is 1. The molecule has 2 aromatic rings. The zero-order valence-electron chi connectivity index (χ0n) is 16.7. The monoisotopic (exact) mass is 386 g/mol. The first kappa shape index (κ1) is 21.5. The lowest BCUT2D eigenvalue weighted by molar-refractivity contribution is 0.0954. The van der Waals surface area contributed by atoms with Crippen LogP contribution in [0.1, 0.15) is 35.0 Å². The van der Waals surface area contributed by atoms with Gasteiger partial charge in [0.25, 0.3) is 5.91 Å². The van der Waals surface area contributed by atoms with Crippen molar-refractivity contribution < 1.29 is 13.9 Å². The van der Waals surface area contributed by atoms with Gasteiger partial charge in [-0.25, -0.2) is 0 Å². The summed E-state index contributed by atoms with van der Waals surface area (Å²) in [6.07, 6.45) is 2.46. The van der Waals surface area contributed by atoms with E-state index in [9.17, 15) is 4.79 Å². The van der Waals surface area contributed by atoms with Gasteiger partial charge in [-0.3, -0.25) is 9.79 Å². The van der Waals surface area contributed by atoms with Crippen molar-refractivity contribution in [3.05, 3.63) is 59.5 Å². The minimum atomic E-state index is -0.0684. The van der Waals surface area contributed by atoms with Gasteiger partial charge in [0.1, 0.15) is 12.4 Å². The molecule has 0 spiro atoms.